The highest BCUT2D eigenvalue weighted by Gasteiger charge is 2.03. The number of rotatable bonds is 4. The first-order valence-electron chi connectivity index (χ1n) is 4.09. The molecule has 0 aliphatic heterocycles. The first kappa shape index (κ1) is 9.80. The lowest BCUT2D eigenvalue weighted by Gasteiger charge is -2.05. The van der Waals surface area contributed by atoms with E-state index in [-0.39, 0.29) is 12.6 Å². The molecule has 13 heavy (non-hydrogen) atoms. The van der Waals surface area contributed by atoms with Crippen LogP contribution in [0.2, 0.25) is 0 Å². The molecule has 0 amide bonds. The average molecular weight is 183 g/mol. The second-order valence-electron chi connectivity index (χ2n) is 2.68. The zero-order valence-corrected chi connectivity index (χ0v) is 7.56. The lowest BCUT2D eigenvalue weighted by atomic mass is 10.4. The summed E-state index contributed by atoms with van der Waals surface area (Å²) in [5.41, 5.74) is 0.809. The predicted octanol–water partition coefficient (Wildman–Crippen LogP) is 0.543. The van der Waals surface area contributed by atoms with Crippen molar-refractivity contribution in [1.29, 1.82) is 0 Å². The maximum atomic E-state index is 10.8. The minimum atomic E-state index is -0.238. The van der Waals surface area contributed by atoms with Gasteiger partial charge in [-0.3, -0.25) is 4.79 Å². The number of methoxy groups -OCH3 is 1. The molecule has 4 heteroatoms. The van der Waals surface area contributed by atoms with Crippen molar-refractivity contribution in [2.75, 3.05) is 7.11 Å². The summed E-state index contributed by atoms with van der Waals surface area (Å²) in [5, 5.41) is 8.89. The zero-order chi connectivity index (χ0) is 9.68. The number of nitrogens with zero attached hydrogens (tertiary/aromatic N) is 1. The van der Waals surface area contributed by atoms with E-state index in [9.17, 15) is 4.79 Å². The minimum absolute atomic E-state index is 0.00578. The number of hydrogen-bond acceptors (Lipinski definition) is 3. The average Bonchev–Trinajstić information content (AvgIpc) is 2.61. The molecule has 0 aliphatic carbocycles. The van der Waals surface area contributed by atoms with Crippen LogP contribution >= 0.6 is 0 Å². The second kappa shape index (κ2) is 4.67. The number of ether oxygens (including phenoxy) is 1. The van der Waals surface area contributed by atoms with Gasteiger partial charge in [-0.25, -0.2) is 0 Å². The topological polar surface area (TPSA) is 51.5 Å². The molecule has 0 saturated heterocycles. The highest BCUT2D eigenvalue weighted by Crippen LogP contribution is 2.03. The van der Waals surface area contributed by atoms with Crippen LogP contribution in [0.5, 0.6) is 0 Å². The quantitative estimate of drug-likeness (QED) is 0.693. The number of carbonyl (C=O) groups is 1. The summed E-state index contributed by atoms with van der Waals surface area (Å²) in [6.45, 7) is 0.545. The van der Waals surface area contributed by atoms with Crippen LogP contribution in [0.1, 0.15) is 12.1 Å². The second-order valence-corrected chi connectivity index (χ2v) is 2.68. The molecule has 0 radical (unpaired) electrons. The lowest BCUT2D eigenvalue weighted by molar-refractivity contribution is -0.140. The Morgan fingerprint density at radius 1 is 1.69 bits per heavy atom. The fourth-order valence-corrected chi connectivity index (χ4v) is 1.12. The van der Waals surface area contributed by atoms with Gasteiger partial charge in [-0.1, -0.05) is 0 Å². The third-order valence-corrected chi connectivity index (χ3v) is 1.87. The molecule has 72 valence electrons. The standard InChI is InChI=1S/C9H13NO3/c1-13-9(12)4-6-10-5-2-3-8(10)7-11/h2-3,5,11H,4,6-7H2,1H3. The first-order valence-corrected chi connectivity index (χ1v) is 4.09. The third-order valence-electron chi connectivity index (χ3n) is 1.87. The fraction of sp³-hybridized carbons (Fsp3) is 0.444. The number of esters is 1. The van der Waals surface area contributed by atoms with Crippen molar-refractivity contribution < 1.29 is 14.6 Å². The van der Waals surface area contributed by atoms with Gasteiger partial charge >= 0.3 is 5.97 Å². The number of aryl methyl sites for hydroxylation is 1. The van der Waals surface area contributed by atoms with E-state index >= 15 is 0 Å². The molecular formula is C9H13NO3. The van der Waals surface area contributed by atoms with Crippen LogP contribution in [0.3, 0.4) is 0 Å². The molecule has 0 saturated carbocycles. The lowest BCUT2D eigenvalue weighted by Crippen LogP contribution is -2.08. The van der Waals surface area contributed by atoms with Gasteiger partial charge < -0.3 is 14.4 Å². The van der Waals surface area contributed by atoms with Crippen LogP contribution in [0.15, 0.2) is 18.3 Å². The van der Waals surface area contributed by atoms with Crippen molar-refractivity contribution in [2.45, 2.75) is 19.6 Å². The van der Waals surface area contributed by atoms with Crippen LogP contribution in [0.4, 0.5) is 0 Å². The van der Waals surface area contributed by atoms with Gasteiger partial charge in [0.2, 0.25) is 0 Å². The van der Waals surface area contributed by atoms with E-state index in [1.807, 2.05) is 22.9 Å². The van der Waals surface area contributed by atoms with Gasteiger partial charge in [0.1, 0.15) is 0 Å². The molecule has 0 unspecified atom stereocenters. The van der Waals surface area contributed by atoms with Gasteiger partial charge in [0.25, 0.3) is 0 Å². The van der Waals surface area contributed by atoms with Crippen LogP contribution in [-0.2, 0) is 22.7 Å². The normalized spacial score (nSPS) is 10.0. The van der Waals surface area contributed by atoms with Crippen molar-refractivity contribution >= 4 is 5.97 Å². The van der Waals surface area contributed by atoms with E-state index in [0.29, 0.717) is 13.0 Å². The molecule has 0 aliphatic rings. The molecule has 1 N–H and O–H groups in total. The fourth-order valence-electron chi connectivity index (χ4n) is 1.12. The summed E-state index contributed by atoms with van der Waals surface area (Å²) in [4.78, 5) is 10.8. The van der Waals surface area contributed by atoms with E-state index in [4.69, 9.17) is 5.11 Å². The van der Waals surface area contributed by atoms with E-state index in [0.717, 1.165) is 5.69 Å². The molecule has 0 bridgehead atoms. The molecular weight excluding hydrogens is 170 g/mol. The SMILES string of the molecule is COC(=O)CCn1cccc1CO. The van der Waals surface area contributed by atoms with E-state index in [1.165, 1.54) is 7.11 Å². The number of carbonyl (C=O) groups excluding carboxylic acids is 1. The van der Waals surface area contributed by atoms with Crippen LogP contribution < -0.4 is 0 Å². The Hall–Kier alpha value is -1.29. The Morgan fingerprint density at radius 3 is 3.08 bits per heavy atom. The van der Waals surface area contributed by atoms with Crippen LogP contribution in [0, 0.1) is 0 Å². The van der Waals surface area contributed by atoms with Crippen molar-refractivity contribution in [1.82, 2.24) is 4.57 Å². The maximum absolute atomic E-state index is 10.8. The molecule has 4 nitrogen and oxygen atoms in total. The molecule has 1 aromatic rings. The van der Waals surface area contributed by atoms with Gasteiger partial charge in [-0.05, 0) is 12.1 Å². The summed E-state index contributed by atoms with van der Waals surface area (Å²) < 4.78 is 6.34. The number of aliphatic hydroxyl groups excluding tert-OH is 1. The third kappa shape index (κ3) is 2.59. The van der Waals surface area contributed by atoms with Gasteiger partial charge in [0.05, 0.1) is 20.1 Å². The molecule has 1 rings (SSSR count). The van der Waals surface area contributed by atoms with Gasteiger partial charge in [-0.2, -0.15) is 0 Å². The summed E-state index contributed by atoms with van der Waals surface area (Å²) in [6, 6.07) is 3.65. The first-order chi connectivity index (χ1) is 6.27. The van der Waals surface area contributed by atoms with Crippen molar-refractivity contribution in [2.24, 2.45) is 0 Å². The van der Waals surface area contributed by atoms with Crippen molar-refractivity contribution in [3.63, 3.8) is 0 Å². The number of hydrogen-bond donors (Lipinski definition) is 1. The highest BCUT2D eigenvalue weighted by molar-refractivity contribution is 5.68. The van der Waals surface area contributed by atoms with Crippen molar-refractivity contribution in [3.05, 3.63) is 24.0 Å². The summed E-state index contributed by atoms with van der Waals surface area (Å²) in [7, 11) is 1.37. The zero-order valence-electron chi connectivity index (χ0n) is 7.56. The molecule has 0 aromatic carbocycles. The highest BCUT2D eigenvalue weighted by atomic mass is 16.5. The molecule has 1 heterocycles. The Bertz CT molecular complexity index is 280. The van der Waals surface area contributed by atoms with Crippen molar-refractivity contribution in [3.8, 4) is 0 Å². The smallest absolute Gasteiger partial charge is 0.307 e. The molecule has 0 spiro atoms. The molecule has 1 aromatic heterocycles. The molecule has 0 fully saturated rings. The number of aromatic nitrogens is 1. The largest absolute Gasteiger partial charge is 0.469 e. The van der Waals surface area contributed by atoms with Crippen LogP contribution in [0.25, 0.3) is 0 Å². The Balaban J connectivity index is 2.49. The number of aliphatic hydroxyl groups is 1. The summed E-state index contributed by atoms with van der Waals surface area (Å²) in [5.74, 6) is -0.238. The maximum Gasteiger partial charge on any atom is 0.307 e. The Morgan fingerprint density at radius 2 is 2.46 bits per heavy atom. The monoisotopic (exact) mass is 183 g/mol. The van der Waals surface area contributed by atoms with E-state index in [1.54, 1.807) is 0 Å². The summed E-state index contributed by atoms with van der Waals surface area (Å²) in [6.07, 6.45) is 2.16. The van der Waals surface area contributed by atoms with E-state index in [2.05, 4.69) is 4.74 Å². The van der Waals surface area contributed by atoms with Gasteiger partial charge in [0, 0.05) is 18.4 Å². The predicted molar refractivity (Wildman–Crippen MR) is 47.0 cm³/mol. The minimum Gasteiger partial charge on any atom is -0.469 e. The van der Waals surface area contributed by atoms with E-state index < -0.39 is 0 Å². The van der Waals surface area contributed by atoms with Gasteiger partial charge in [-0.15, -0.1) is 0 Å². The van der Waals surface area contributed by atoms with Crippen LogP contribution in [-0.4, -0.2) is 22.8 Å². The molecule has 0 atom stereocenters. The summed E-state index contributed by atoms with van der Waals surface area (Å²) >= 11 is 0. The van der Waals surface area contributed by atoms with Gasteiger partial charge in [0.15, 0.2) is 0 Å². The Kier molecular flexibility index (Phi) is 3.52. The Labute approximate surface area is 76.7 Å².